The fraction of sp³-hybridized carbons (Fsp3) is 0.353. The third-order valence-corrected chi connectivity index (χ3v) is 3.49. The topological polar surface area (TPSA) is 103 Å². The van der Waals surface area contributed by atoms with Gasteiger partial charge < -0.3 is 19.5 Å². The summed E-state index contributed by atoms with van der Waals surface area (Å²) < 4.78 is 15.9. The Morgan fingerprint density at radius 1 is 1.20 bits per heavy atom. The molecule has 25 heavy (non-hydrogen) atoms. The maximum absolute atomic E-state index is 12.2. The summed E-state index contributed by atoms with van der Waals surface area (Å²) in [4.78, 5) is 23.2. The number of benzene rings is 1. The second-order valence-corrected chi connectivity index (χ2v) is 5.25. The van der Waals surface area contributed by atoms with E-state index in [-0.39, 0.29) is 23.2 Å². The number of rotatable bonds is 8. The smallest absolute Gasteiger partial charge is 0.272 e. The first-order valence-electron chi connectivity index (χ1n) is 7.71. The molecule has 0 radical (unpaired) electrons. The van der Waals surface area contributed by atoms with Gasteiger partial charge in [0.2, 0.25) is 0 Å². The molecule has 8 nitrogen and oxygen atoms in total. The molecule has 2 rings (SSSR count). The minimum atomic E-state index is -0.386. The zero-order chi connectivity index (χ0) is 18.2. The fourth-order valence-corrected chi connectivity index (χ4v) is 2.13. The van der Waals surface area contributed by atoms with Crippen molar-refractivity contribution in [1.82, 2.24) is 15.5 Å². The lowest BCUT2D eigenvalue weighted by molar-refractivity contribution is 0.0933. The summed E-state index contributed by atoms with van der Waals surface area (Å²) in [5.41, 5.74) is 0.616. The molecule has 0 fully saturated rings. The number of aromatic amines is 1. The number of hydrogen-bond donors (Lipinski definition) is 2. The van der Waals surface area contributed by atoms with Crippen LogP contribution in [0.2, 0.25) is 0 Å². The van der Waals surface area contributed by atoms with E-state index in [4.69, 9.17) is 14.2 Å². The number of amides is 1. The summed E-state index contributed by atoms with van der Waals surface area (Å²) in [5, 5.41) is 8.75. The van der Waals surface area contributed by atoms with Gasteiger partial charge in [-0.05, 0) is 30.7 Å². The van der Waals surface area contributed by atoms with Crippen LogP contribution in [0.1, 0.15) is 29.0 Å². The fourth-order valence-electron chi connectivity index (χ4n) is 2.13. The molecular weight excluding hydrogens is 326 g/mol. The van der Waals surface area contributed by atoms with Gasteiger partial charge >= 0.3 is 0 Å². The monoisotopic (exact) mass is 347 g/mol. The number of ether oxygens (including phenoxy) is 3. The minimum Gasteiger partial charge on any atom is -0.493 e. The summed E-state index contributed by atoms with van der Waals surface area (Å²) in [6, 6.07) is 7.76. The summed E-state index contributed by atoms with van der Waals surface area (Å²) >= 11 is 0. The van der Waals surface area contributed by atoms with E-state index in [9.17, 15) is 9.59 Å². The van der Waals surface area contributed by atoms with Crippen LogP contribution in [0.25, 0.3) is 0 Å². The predicted molar refractivity (Wildman–Crippen MR) is 91.1 cm³/mol. The van der Waals surface area contributed by atoms with Gasteiger partial charge in [0.1, 0.15) is 12.3 Å². The Labute approximate surface area is 145 Å². The van der Waals surface area contributed by atoms with Gasteiger partial charge in [0.15, 0.2) is 11.5 Å². The molecule has 2 N–H and O–H groups in total. The third kappa shape index (κ3) is 5.05. The van der Waals surface area contributed by atoms with Gasteiger partial charge in [-0.3, -0.25) is 9.59 Å². The van der Waals surface area contributed by atoms with Crippen LogP contribution >= 0.6 is 0 Å². The highest BCUT2D eigenvalue weighted by Gasteiger charge is 2.15. The third-order valence-electron chi connectivity index (χ3n) is 3.49. The van der Waals surface area contributed by atoms with Crippen molar-refractivity contribution in [2.24, 2.45) is 0 Å². The summed E-state index contributed by atoms with van der Waals surface area (Å²) in [6.45, 7) is 2.73. The van der Waals surface area contributed by atoms with Crippen molar-refractivity contribution in [1.29, 1.82) is 0 Å². The van der Waals surface area contributed by atoms with E-state index in [0.29, 0.717) is 24.7 Å². The number of nitrogens with zero attached hydrogens (tertiary/aromatic N) is 1. The van der Waals surface area contributed by atoms with Crippen LogP contribution in [0.15, 0.2) is 35.1 Å². The second-order valence-electron chi connectivity index (χ2n) is 5.25. The van der Waals surface area contributed by atoms with Crippen molar-refractivity contribution in [2.75, 3.05) is 27.4 Å². The molecule has 134 valence electrons. The molecule has 0 spiro atoms. The van der Waals surface area contributed by atoms with Crippen LogP contribution in [0.5, 0.6) is 11.5 Å². The van der Waals surface area contributed by atoms with E-state index in [1.807, 2.05) is 13.0 Å². The van der Waals surface area contributed by atoms with Crippen LogP contribution in [0.4, 0.5) is 0 Å². The lowest BCUT2D eigenvalue weighted by Gasteiger charge is -2.17. The molecule has 0 unspecified atom stereocenters. The molecule has 8 heteroatoms. The highest BCUT2D eigenvalue weighted by molar-refractivity contribution is 5.92. The van der Waals surface area contributed by atoms with Crippen LogP contribution in [-0.4, -0.2) is 43.5 Å². The largest absolute Gasteiger partial charge is 0.493 e. The molecular formula is C17H21N3O5. The Hall–Kier alpha value is -2.87. The SMILES string of the molecule is COCCOc1ccc([C@@H](C)NC(=O)c2ccc(=O)[nH]n2)cc1OC. The maximum atomic E-state index is 12.2. The molecule has 1 atom stereocenters. The average molecular weight is 347 g/mol. The van der Waals surface area contributed by atoms with Crippen molar-refractivity contribution < 1.29 is 19.0 Å². The molecule has 1 heterocycles. The van der Waals surface area contributed by atoms with Gasteiger partial charge in [-0.15, -0.1) is 0 Å². The zero-order valence-electron chi connectivity index (χ0n) is 14.4. The van der Waals surface area contributed by atoms with Gasteiger partial charge in [-0.2, -0.15) is 5.10 Å². The zero-order valence-corrected chi connectivity index (χ0v) is 14.4. The molecule has 1 aromatic carbocycles. The number of methoxy groups -OCH3 is 2. The van der Waals surface area contributed by atoms with Gasteiger partial charge in [0.05, 0.1) is 19.8 Å². The first-order valence-corrected chi connectivity index (χ1v) is 7.71. The van der Waals surface area contributed by atoms with Crippen LogP contribution in [0, 0.1) is 0 Å². The molecule has 0 saturated carbocycles. The standard InChI is InChI=1S/C17H21N3O5/c1-11(18-17(22)13-5-7-16(21)20-19-13)12-4-6-14(15(10-12)24-3)25-9-8-23-2/h4-7,10-11H,8-9H2,1-3H3,(H,18,22)(H,20,21)/t11-/m1/s1. The summed E-state index contributed by atoms with van der Waals surface area (Å²) in [6.07, 6.45) is 0. The second kappa shape index (κ2) is 8.84. The van der Waals surface area contributed by atoms with Crippen molar-refractivity contribution in [3.8, 4) is 11.5 Å². The van der Waals surface area contributed by atoms with Crippen molar-refractivity contribution in [3.63, 3.8) is 0 Å². The highest BCUT2D eigenvalue weighted by Crippen LogP contribution is 2.30. The molecule has 0 saturated heterocycles. The number of hydrogen-bond acceptors (Lipinski definition) is 6. The number of carbonyl (C=O) groups is 1. The highest BCUT2D eigenvalue weighted by atomic mass is 16.5. The Morgan fingerprint density at radius 2 is 2.00 bits per heavy atom. The van der Waals surface area contributed by atoms with Crippen molar-refractivity contribution in [2.45, 2.75) is 13.0 Å². The van der Waals surface area contributed by atoms with Crippen molar-refractivity contribution in [3.05, 3.63) is 51.9 Å². The molecule has 0 aliphatic carbocycles. The predicted octanol–water partition coefficient (Wildman–Crippen LogP) is 1.29. The lowest BCUT2D eigenvalue weighted by atomic mass is 10.1. The molecule has 1 amide bonds. The summed E-state index contributed by atoms with van der Waals surface area (Å²) in [5.74, 6) is 0.782. The quantitative estimate of drug-likeness (QED) is 0.698. The van der Waals surface area contributed by atoms with Gasteiger partial charge in [-0.25, -0.2) is 5.10 Å². The molecule has 1 aromatic heterocycles. The molecule has 2 aromatic rings. The van der Waals surface area contributed by atoms with E-state index in [2.05, 4.69) is 15.5 Å². The molecule has 0 bridgehead atoms. The Balaban J connectivity index is 2.07. The van der Waals surface area contributed by atoms with E-state index in [0.717, 1.165) is 5.56 Å². The Kier molecular flexibility index (Phi) is 6.53. The number of aromatic nitrogens is 2. The lowest BCUT2D eigenvalue weighted by Crippen LogP contribution is -2.28. The molecule has 0 aliphatic heterocycles. The Morgan fingerprint density at radius 3 is 2.64 bits per heavy atom. The van der Waals surface area contributed by atoms with Crippen LogP contribution in [-0.2, 0) is 4.74 Å². The van der Waals surface area contributed by atoms with Crippen molar-refractivity contribution >= 4 is 5.91 Å². The number of nitrogens with one attached hydrogen (secondary N) is 2. The number of H-pyrrole nitrogens is 1. The Bertz CT molecular complexity index is 755. The van der Waals surface area contributed by atoms with Gasteiger partial charge in [0.25, 0.3) is 11.5 Å². The van der Waals surface area contributed by atoms with Gasteiger partial charge in [-0.1, -0.05) is 6.07 Å². The first-order chi connectivity index (χ1) is 12.0. The summed E-state index contributed by atoms with van der Waals surface area (Å²) in [7, 11) is 3.15. The first kappa shape index (κ1) is 18.5. The van der Waals surface area contributed by atoms with E-state index in [1.54, 1.807) is 26.4 Å². The molecule has 0 aliphatic rings. The maximum Gasteiger partial charge on any atom is 0.272 e. The number of carbonyl (C=O) groups excluding carboxylic acids is 1. The average Bonchev–Trinajstić information content (AvgIpc) is 2.62. The van der Waals surface area contributed by atoms with E-state index in [1.165, 1.54) is 12.1 Å². The van der Waals surface area contributed by atoms with E-state index >= 15 is 0 Å². The van der Waals surface area contributed by atoms with Crippen LogP contribution in [0.3, 0.4) is 0 Å². The van der Waals surface area contributed by atoms with Crippen LogP contribution < -0.4 is 20.3 Å². The van der Waals surface area contributed by atoms with Gasteiger partial charge in [0, 0.05) is 13.2 Å². The van der Waals surface area contributed by atoms with E-state index < -0.39 is 0 Å². The minimum absolute atomic E-state index is 0.137. The normalized spacial score (nSPS) is 11.6.